The molecule has 1 fully saturated rings. The van der Waals surface area contributed by atoms with E-state index in [1.807, 2.05) is 12.1 Å². The van der Waals surface area contributed by atoms with E-state index in [0.29, 0.717) is 5.56 Å². The van der Waals surface area contributed by atoms with Crippen LogP contribution in [0.25, 0.3) is 5.83 Å². The van der Waals surface area contributed by atoms with Gasteiger partial charge in [0.1, 0.15) is 11.9 Å². The second kappa shape index (κ2) is 5.11. The highest BCUT2D eigenvalue weighted by Crippen LogP contribution is 2.31. The Morgan fingerprint density at radius 3 is 2.65 bits per heavy atom. The van der Waals surface area contributed by atoms with Crippen molar-refractivity contribution < 1.29 is 9.13 Å². The van der Waals surface area contributed by atoms with Crippen molar-refractivity contribution in [3.8, 4) is 6.07 Å². The molecule has 1 heterocycles. The van der Waals surface area contributed by atoms with Crippen molar-refractivity contribution in [2.45, 2.75) is 31.5 Å². The summed E-state index contributed by atoms with van der Waals surface area (Å²) in [5.41, 5.74) is 1.48. The number of hydrogen-bond donors (Lipinski definition) is 0. The Balaban J connectivity index is 2.12. The van der Waals surface area contributed by atoms with E-state index in [1.54, 1.807) is 12.1 Å². The maximum atomic E-state index is 12.9. The second-order valence-corrected chi connectivity index (χ2v) is 4.20. The summed E-state index contributed by atoms with van der Waals surface area (Å²) in [6, 6.07) is 9.20. The van der Waals surface area contributed by atoms with Crippen LogP contribution in [-0.4, -0.2) is 6.10 Å². The van der Waals surface area contributed by atoms with Gasteiger partial charge in [0.15, 0.2) is 0 Å². The van der Waals surface area contributed by atoms with E-state index in [4.69, 9.17) is 10.00 Å². The molecule has 0 aliphatic carbocycles. The minimum Gasteiger partial charge on any atom is -0.355 e. The summed E-state index contributed by atoms with van der Waals surface area (Å²) in [4.78, 5) is 0. The molecule has 2 atom stereocenters. The number of rotatable bonds is 2. The van der Waals surface area contributed by atoms with Gasteiger partial charge in [-0.2, -0.15) is 5.26 Å². The number of benzene rings is 1. The number of halogens is 1. The molecule has 17 heavy (non-hydrogen) atoms. The predicted molar refractivity (Wildman–Crippen MR) is 63.7 cm³/mol. The van der Waals surface area contributed by atoms with Crippen LogP contribution in [0.3, 0.4) is 0 Å². The van der Waals surface area contributed by atoms with Gasteiger partial charge in [-0.3, -0.25) is 0 Å². The minimum absolute atomic E-state index is 0.0460. The summed E-state index contributed by atoms with van der Waals surface area (Å²) in [5, 5.41) is 8.84. The molecule has 2 rings (SSSR count). The van der Waals surface area contributed by atoms with E-state index in [-0.39, 0.29) is 12.2 Å². The van der Waals surface area contributed by atoms with Crippen LogP contribution >= 0.6 is 0 Å². The van der Waals surface area contributed by atoms with E-state index in [2.05, 4.69) is 12.6 Å². The van der Waals surface area contributed by atoms with Gasteiger partial charge < -0.3 is 4.74 Å². The monoisotopic (exact) mass is 231 g/mol. The van der Waals surface area contributed by atoms with Crippen LogP contribution in [0, 0.1) is 11.3 Å². The lowest BCUT2D eigenvalue weighted by atomic mass is 9.98. The zero-order valence-electron chi connectivity index (χ0n) is 9.53. The van der Waals surface area contributed by atoms with Crippen molar-refractivity contribution in [2.75, 3.05) is 0 Å². The number of ether oxygens (including phenoxy) is 1. The Hall–Kier alpha value is -1.66. The third kappa shape index (κ3) is 2.72. The topological polar surface area (TPSA) is 33.0 Å². The summed E-state index contributed by atoms with van der Waals surface area (Å²) < 4.78 is 18.5. The Morgan fingerprint density at radius 1 is 1.35 bits per heavy atom. The zero-order chi connectivity index (χ0) is 12.3. The van der Waals surface area contributed by atoms with Gasteiger partial charge in [-0.25, -0.2) is 4.39 Å². The van der Waals surface area contributed by atoms with Crippen molar-refractivity contribution in [3.63, 3.8) is 0 Å². The number of hydrogen-bond acceptors (Lipinski definition) is 2. The maximum Gasteiger partial charge on any atom is 0.144 e. The van der Waals surface area contributed by atoms with E-state index in [9.17, 15) is 4.39 Å². The van der Waals surface area contributed by atoms with Crippen molar-refractivity contribution in [2.24, 2.45) is 0 Å². The molecular formula is C14H14FNO. The normalized spacial score (nSPS) is 24.0. The molecule has 0 amide bonds. The molecule has 1 saturated heterocycles. The Kier molecular flexibility index (Phi) is 3.55. The van der Waals surface area contributed by atoms with Crippen LogP contribution < -0.4 is 0 Å². The molecule has 0 saturated carbocycles. The van der Waals surface area contributed by atoms with Crippen LogP contribution in [0.15, 0.2) is 30.8 Å². The van der Waals surface area contributed by atoms with Gasteiger partial charge in [0.2, 0.25) is 0 Å². The van der Waals surface area contributed by atoms with Crippen LogP contribution in [0.1, 0.15) is 36.5 Å². The summed E-state index contributed by atoms with van der Waals surface area (Å²) in [7, 11) is 0. The van der Waals surface area contributed by atoms with E-state index in [0.717, 1.165) is 24.8 Å². The lowest BCUT2D eigenvalue weighted by Gasteiger charge is -2.26. The third-order valence-electron chi connectivity index (χ3n) is 3.00. The summed E-state index contributed by atoms with van der Waals surface area (Å²) in [6.07, 6.45) is 2.33. The molecule has 1 aromatic carbocycles. The first-order chi connectivity index (χ1) is 8.20. The third-order valence-corrected chi connectivity index (χ3v) is 3.00. The molecule has 0 radical (unpaired) electrons. The van der Waals surface area contributed by atoms with Crippen molar-refractivity contribution >= 4 is 5.83 Å². The van der Waals surface area contributed by atoms with E-state index < -0.39 is 5.83 Å². The summed E-state index contributed by atoms with van der Waals surface area (Å²) in [6.45, 7) is 3.25. The van der Waals surface area contributed by atoms with Crippen LogP contribution in [0.5, 0.6) is 0 Å². The van der Waals surface area contributed by atoms with E-state index >= 15 is 0 Å². The van der Waals surface area contributed by atoms with Gasteiger partial charge in [-0.1, -0.05) is 30.8 Å². The highest BCUT2D eigenvalue weighted by molar-refractivity contribution is 5.56. The molecule has 0 aromatic heterocycles. The first-order valence-electron chi connectivity index (χ1n) is 5.70. The van der Waals surface area contributed by atoms with Crippen molar-refractivity contribution in [1.82, 2.24) is 0 Å². The minimum atomic E-state index is -0.434. The molecule has 3 heteroatoms. The number of nitrogens with zero attached hydrogens (tertiary/aromatic N) is 1. The largest absolute Gasteiger partial charge is 0.355 e. The predicted octanol–water partition coefficient (Wildman–Crippen LogP) is 3.76. The van der Waals surface area contributed by atoms with Crippen LogP contribution in [0.4, 0.5) is 4.39 Å². The molecule has 0 unspecified atom stereocenters. The van der Waals surface area contributed by atoms with Crippen molar-refractivity contribution in [3.05, 3.63) is 42.0 Å². The highest BCUT2D eigenvalue weighted by Gasteiger charge is 2.23. The molecule has 88 valence electrons. The lowest BCUT2D eigenvalue weighted by molar-refractivity contribution is -0.0228. The molecule has 0 spiro atoms. The standard InChI is InChI=1S/C14H14FNO/c1-10(15)11-5-7-12(8-6-11)14-4-2-3-13(9-16)17-14/h5-8,13-14H,1-4H2/t13-,14+/m1/s1. The highest BCUT2D eigenvalue weighted by atomic mass is 19.1. The summed E-state index contributed by atoms with van der Waals surface area (Å²) >= 11 is 0. The van der Waals surface area contributed by atoms with Crippen molar-refractivity contribution in [1.29, 1.82) is 5.26 Å². The smallest absolute Gasteiger partial charge is 0.144 e. The molecule has 0 bridgehead atoms. The SMILES string of the molecule is C=C(F)c1ccc([C@@H]2CCC[C@H](C#N)O2)cc1. The first kappa shape index (κ1) is 11.8. The Morgan fingerprint density at radius 2 is 2.06 bits per heavy atom. The molecule has 1 aliphatic heterocycles. The zero-order valence-corrected chi connectivity index (χ0v) is 9.53. The second-order valence-electron chi connectivity index (χ2n) is 4.20. The van der Waals surface area contributed by atoms with Gasteiger partial charge >= 0.3 is 0 Å². The fourth-order valence-corrected chi connectivity index (χ4v) is 2.04. The quantitative estimate of drug-likeness (QED) is 0.776. The lowest BCUT2D eigenvalue weighted by Crippen LogP contribution is -2.20. The molecule has 1 aliphatic rings. The van der Waals surface area contributed by atoms with Gasteiger partial charge in [0.25, 0.3) is 0 Å². The Bertz CT molecular complexity index is 446. The average molecular weight is 231 g/mol. The van der Waals surface area contributed by atoms with Gasteiger partial charge in [0.05, 0.1) is 12.2 Å². The first-order valence-corrected chi connectivity index (χ1v) is 5.70. The molecule has 2 nitrogen and oxygen atoms in total. The van der Waals surface area contributed by atoms with E-state index in [1.165, 1.54) is 0 Å². The fraction of sp³-hybridized carbons (Fsp3) is 0.357. The maximum absolute atomic E-state index is 12.9. The number of nitriles is 1. The van der Waals surface area contributed by atoms with Gasteiger partial charge in [-0.05, 0) is 24.8 Å². The van der Waals surface area contributed by atoms with Gasteiger partial charge in [-0.15, -0.1) is 0 Å². The average Bonchev–Trinajstić information content (AvgIpc) is 2.39. The fourth-order valence-electron chi connectivity index (χ4n) is 2.04. The molecular weight excluding hydrogens is 217 g/mol. The molecule has 1 aromatic rings. The van der Waals surface area contributed by atoms with Crippen LogP contribution in [-0.2, 0) is 4.74 Å². The van der Waals surface area contributed by atoms with Crippen LogP contribution in [0.2, 0.25) is 0 Å². The van der Waals surface area contributed by atoms with Gasteiger partial charge in [0, 0.05) is 5.56 Å². The molecule has 0 N–H and O–H groups in total. The Labute approximate surface area is 100 Å². The summed E-state index contributed by atoms with van der Waals surface area (Å²) in [5.74, 6) is -0.434.